The van der Waals surface area contributed by atoms with Gasteiger partial charge in [0.1, 0.15) is 5.78 Å². The molecule has 0 spiro atoms. The number of hydrogen-bond donors (Lipinski definition) is 0. The molecule has 1 saturated carbocycles. The summed E-state index contributed by atoms with van der Waals surface area (Å²) in [6, 6.07) is 8.61. The maximum absolute atomic E-state index is 13.6. The summed E-state index contributed by atoms with van der Waals surface area (Å²) in [7, 11) is -2.76. The average molecular weight is 709 g/mol. The van der Waals surface area contributed by atoms with E-state index in [0.29, 0.717) is 12.2 Å². The van der Waals surface area contributed by atoms with Crippen LogP contribution in [0.25, 0.3) is 10.1 Å². The lowest BCUT2D eigenvalue weighted by molar-refractivity contribution is -0.137. The van der Waals surface area contributed by atoms with Gasteiger partial charge in [0, 0.05) is 23.5 Å². The van der Waals surface area contributed by atoms with Crippen LogP contribution in [0.15, 0.2) is 41.8 Å². The lowest BCUT2D eigenvalue weighted by atomic mass is 10.0. The standard InChI is InChI=1S/C35H56O5S3Si2/c1-34(2,3)44(8,9)39-26(21-25-23-43-31-16-13-12-15-27(25)31)17-18-28-30(40-45(10,11)35(4,5)6)22-29(36)33(28)42-20-14-19-41-24-32(37)38-7/h12-13,15-18,23,26,28,30,33H,14,19-22,24H2,1-11H3/t26?,28-,30+,33+/m0/s1. The van der Waals surface area contributed by atoms with Crippen LogP contribution in [0.1, 0.15) is 59.9 Å². The molecule has 1 fully saturated rings. The smallest absolute Gasteiger partial charge is 0.315 e. The van der Waals surface area contributed by atoms with E-state index < -0.39 is 16.6 Å². The minimum atomic E-state index is -2.10. The Morgan fingerprint density at radius 3 is 2.36 bits per heavy atom. The number of rotatable bonds is 15. The molecule has 0 radical (unpaired) electrons. The van der Waals surface area contributed by atoms with Gasteiger partial charge >= 0.3 is 5.97 Å². The van der Waals surface area contributed by atoms with Crippen molar-refractivity contribution in [2.75, 3.05) is 24.4 Å². The van der Waals surface area contributed by atoms with Gasteiger partial charge in [0.2, 0.25) is 0 Å². The molecule has 0 N–H and O–H groups in total. The average Bonchev–Trinajstić information content (AvgIpc) is 3.46. The number of thiophene rings is 1. The molecule has 1 aliphatic carbocycles. The van der Waals surface area contributed by atoms with Gasteiger partial charge in [-0.05, 0) is 76.6 Å². The molecule has 0 aliphatic heterocycles. The third-order valence-corrected chi connectivity index (χ3v) is 22.2. The molecule has 252 valence electrons. The fraction of sp³-hybridized carbons (Fsp3) is 0.657. The minimum Gasteiger partial charge on any atom is -0.468 e. The zero-order valence-electron chi connectivity index (χ0n) is 29.4. The van der Waals surface area contributed by atoms with Gasteiger partial charge in [-0.25, -0.2) is 0 Å². The molecular weight excluding hydrogens is 653 g/mol. The molecule has 5 nitrogen and oxygen atoms in total. The lowest BCUT2D eigenvalue weighted by Crippen LogP contribution is -2.45. The van der Waals surface area contributed by atoms with Crippen molar-refractivity contribution in [2.24, 2.45) is 5.92 Å². The topological polar surface area (TPSA) is 61.8 Å². The molecule has 3 rings (SSSR count). The van der Waals surface area contributed by atoms with E-state index in [2.05, 4.69) is 110 Å². The van der Waals surface area contributed by atoms with Gasteiger partial charge in [0.25, 0.3) is 0 Å². The van der Waals surface area contributed by atoms with Crippen molar-refractivity contribution in [1.29, 1.82) is 0 Å². The number of methoxy groups -OCH3 is 1. The van der Waals surface area contributed by atoms with Crippen LogP contribution >= 0.6 is 34.9 Å². The maximum atomic E-state index is 13.6. The molecule has 1 heterocycles. The summed E-state index contributed by atoms with van der Waals surface area (Å²) in [6.07, 6.45) is 6.51. The number of thioether (sulfide) groups is 2. The predicted octanol–water partition coefficient (Wildman–Crippen LogP) is 9.77. The van der Waals surface area contributed by atoms with E-state index in [-0.39, 0.29) is 45.2 Å². The molecule has 0 bridgehead atoms. The Labute approximate surface area is 287 Å². The van der Waals surface area contributed by atoms with E-state index in [1.165, 1.54) is 22.8 Å². The molecule has 1 unspecified atom stereocenters. The van der Waals surface area contributed by atoms with Crippen molar-refractivity contribution >= 4 is 73.3 Å². The molecule has 0 saturated heterocycles. The molecule has 2 aromatic rings. The van der Waals surface area contributed by atoms with Gasteiger partial charge in [0.15, 0.2) is 16.6 Å². The van der Waals surface area contributed by atoms with Crippen LogP contribution in [0, 0.1) is 5.92 Å². The van der Waals surface area contributed by atoms with Crippen molar-refractivity contribution in [2.45, 2.75) is 115 Å². The van der Waals surface area contributed by atoms with Crippen molar-refractivity contribution in [3.8, 4) is 0 Å². The third kappa shape index (κ3) is 10.5. The second-order valence-corrected chi connectivity index (χ2v) is 28.0. The van der Waals surface area contributed by atoms with E-state index in [1.807, 2.05) is 0 Å². The Hall–Kier alpha value is -0.886. The summed E-state index contributed by atoms with van der Waals surface area (Å²) in [5.41, 5.74) is 1.32. The van der Waals surface area contributed by atoms with Gasteiger partial charge in [-0.3, -0.25) is 9.59 Å². The fourth-order valence-electron chi connectivity index (χ4n) is 4.91. The normalized spacial score (nSPS) is 20.8. The van der Waals surface area contributed by atoms with E-state index in [9.17, 15) is 9.59 Å². The first kappa shape index (κ1) is 38.6. The number of carbonyl (C=O) groups excluding carboxylic acids is 2. The lowest BCUT2D eigenvalue weighted by Gasteiger charge is -2.40. The number of Topliss-reactive ketones (excluding diaryl/α,β-unsaturated/α-hetero) is 1. The Morgan fingerprint density at radius 1 is 1.04 bits per heavy atom. The van der Waals surface area contributed by atoms with Gasteiger partial charge < -0.3 is 13.6 Å². The Morgan fingerprint density at radius 2 is 1.71 bits per heavy atom. The summed E-state index contributed by atoms with van der Waals surface area (Å²) >= 11 is 5.13. The number of esters is 1. The summed E-state index contributed by atoms with van der Waals surface area (Å²) < 4.78 is 20.1. The quantitative estimate of drug-likeness (QED) is 0.0790. The van der Waals surface area contributed by atoms with Gasteiger partial charge in [-0.15, -0.1) is 23.1 Å². The largest absolute Gasteiger partial charge is 0.468 e. The highest BCUT2D eigenvalue weighted by Gasteiger charge is 2.47. The SMILES string of the molecule is COC(=O)CSCCCS[C@H]1C(=O)C[C@@H](O[Si](C)(C)C(C)(C)C)[C@@H]1C=CC(Cc1csc2ccccc12)O[Si](C)(C)C(C)(C)C. The van der Waals surface area contributed by atoms with Crippen molar-refractivity contribution < 1.29 is 23.2 Å². The predicted molar refractivity (Wildman–Crippen MR) is 202 cm³/mol. The first-order valence-electron chi connectivity index (χ1n) is 16.1. The molecule has 1 aromatic carbocycles. The number of ether oxygens (including phenoxy) is 1. The van der Waals surface area contributed by atoms with Crippen LogP contribution in [0.4, 0.5) is 0 Å². The number of fused-ring (bicyclic) bond motifs is 1. The molecule has 45 heavy (non-hydrogen) atoms. The zero-order valence-corrected chi connectivity index (χ0v) is 33.8. The van der Waals surface area contributed by atoms with E-state index in [1.54, 1.807) is 34.9 Å². The number of carbonyl (C=O) groups is 2. The molecule has 1 aromatic heterocycles. The monoisotopic (exact) mass is 708 g/mol. The number of hydrogen-bond acceptors (Lipinski definition) is 8. The van der Waals surface area contributed by atoms with Crippen LogP contribution in [0.5, 0.6) is 0 Å². The second-order valence-electron chi connectivity index (χ2n) is 15.2. The van der Waals surface area contributed by atoms with E-state index in [4.69, 9.17) is 13.6 Å². The highest BCUT2D eigenvalue weighted by atomic mass is 32.2. The summed E-state index contributed by atoms with van der Waals surface area (Å²) in [6.45, 7) is 22.8. The Kier molecular flexibility index (Phi) is 13.7. The molecule has 10 heteroatoms. The van der Waals surface area contributed by atoms with Crippen LogP contribution in [-0.4, -0.2) is 70.2 Å². The highest BCUT2D eigenvalue weighted by Crippen LogP contribution is 2.44. The summed E-state index contributed by atoms with van der Waals surface area (Å²) in [5, 5.41) is 3.57. The van der Waals surface area contributed by atoms with Crippen LogP contribution in [0.2, 0.25) is 36.3 Å². The van der Waals surface area contributed by atoms with Crippen LogP contribution in [-0.2, 0) is 29.6 Å². The summed E-state index contributed by atoms with van der Waals surface area (Å²) in [5.74, 6) is 2.18. The van der Waals surface area contributed by atoms with Gasteiger partial charge in [-0.2, -0.15) is 11.8 Å². The minimum absolute atomic E-state index is 0.0101. The van der Waals surface area contributed by atoms with E-state index >= 15 is 0 Å². The first-order valence-corrected chi connectivity index (χ1v) is 25.0. The highest BCUT2D eigenvalue weighted by molar-refractivity contribution is 8.01. The molecule has 0 amide bonds. The van der Waals surface area contributed by atoms with Crippen molar-refractivity contribution in [1.82, 2.24) is 0 Å². The van der Waals surface area contributed by atoms with E-state index in [0.717, 1.165) is 24.3 Å². The van der Waals surface area contributed by atoms with Crippen LogP contribution < -0.4 is 0 Å². The second kappa shape index (κ2) is 16.0. The number of ketones is 1. The molecular formula is C35H56O5S3Si2. The van der Waals surface area contributed by atoms with Crippen molar-refractivity contribution in [3.05, 3.63) is 47.4 Å². The van der Waals surface area contributed by atoms with Crippen LogP contribution in [0.3, 0.4) is 0 Å². The fourth-order valence-corrected chi connectivity index (χ4v) is 10.8. The first-order chi connectivity index (χ1) is 20.9. The Bertz CT molecular complexity index is 1310. The number of benzene rings is 1. The third-order valence-electron chi connectivity index (χ3n) is 9.71. The zero-order chi connectivity index (χ0) is 33.6. The van der Waals surface area contributed by atoms with Gasteiger partial charge in [0.05, 0.1) is 30.3 Å². The molecule has 4 atom stereocenters. The van der Waals surface area contributed by atoms with Gasteiger partial charge in [-0.1, -0.05) is 71.9 Å². The maximum Gasteiger partial charge on any atom is 0.315 e. The Balaban J connectivity index is 1.88. The van der Waals surface area contributed by atoms with Crippen molar-refractivity contribution in [3.63, 3.8) is 0 Å². The molecule has 1 aliphatic rings. The summed E-state index contributed by atoms with van der Waals surface area (Å²) in [4.78, 5) is 25.1.